The van der Waals surface area contributed by atoms with Crippen LogP contribution in [0.15, 0.2) is 24.5 Å². The van der Waals surface area contributed by atoms with E-state index in [0.717, 1.165) is 0 Å². The van der Waals surface area contributed by atoms with Gasteiger partial charge in [-0.25, -0.2) is 0 Å². The van der Waals surface area contributed by atoms with E-state index in [1.54, 1.807) is 22.9 Å². The van der Waals surface area contributed by atoms with Crippen LogP contribution in [0.3, 0.4) is 0 Å². The van der Waals surface area contributed by atoms with Gasteiger partial charge in [0, 0.05) is 6.07 Å². The number of aromatic nitrogens is 1. The van der Waals surface area contributed by atoms with Crippen LogP contribution in [0, 0.1) is 11.3 Å². The summed E-state index contributed by atoms with van der Waals surface area (Å²) < 4.78 is 1.74. The van der Waals surface area contributed by atoms with Crippen molar-refractivity contribution in [1.29, 1.82) is 5.26 Å². The molecule has 0 fully saturated rings. The van der Waals surface area contributed by atoms with Crippen LogP contribution in [0.1, 0.15) is 5.56 Å². The van der Waals surface area contributed by atoms with Gasteiger partial charge in [-0.2, -0.15) is 9.83 Å². The van der Waals surface area contributed by atoms with E-state index in [2.05, 4.69) is 0 Å². The molecule has 0 spiro atoms. The molecular formula is C7H6ClN2+. The zero-order valence-corrected chi connectivity index (χ0v) is 6.04. The molecule has 0 unspecified atom stereocenters. The fraction of sp³-hybridized carbons (Fsp3) is 0.143. The molecule has 0 bridgehead atoms. The van der Waals surface area contributed by atoms with Crippen molar-refractivity contribution >= 4 is 11.6 Å². The Morgan fingerprint density at radius 2 is 2.50 bits per heavy atom. The Balaban J connectivity index is 3.01. The maximum atomic E-state index is 8.45. The van der Waals surface area contributed by atoms with E-state index in [1.165, 1.54) is 0 Å². The Bertz CT molecular complexity index is 265. The first kappa shape index (κ1) is 7.04. The van der Waals surface area contributed by atoms with E-state index in [0.29, 0.717) is 11.6 Å². The maximum absolute atomic E-state index is 8.45. The van der Waals surface area contributed by atoms with Gasteiger partial charge < -0.3 is 0 Å². The van der Waals surface area contributed by atoms with Crippen LogP contribution in [0.2, 0.25) is 0 Å². The molecule has 1 heterocycles. The molecular weight excluding hydrogens is 148 g/mol. The third-order valence-electron chi connectivity index (χ3n) is 1.13. The molecule has 3 heteroatoms. The fourth-order valence-corrected chi connectivity index (χ4v) is 0.811. The molecule has 1 rings (SSSR count). The lowest BCUT2D eigenvalue weighted by molar-refractivity contribution is -0.678. The molecule has 10 heavy (non-hydrogen) atoms. The number of pyridine rings is 1. The number of nitriles is 1. The molecule has 1 aromatic heterocycles. The molecule has 0 radical (unpaired) electrons. The lowest BCUT2D eigenvalue weighted by atomic mass is 10.3. The number of halogens is 1. The summed E-state index contributed by atoms with van der Waals surface area (Å²) in [5, 5.41) is 8.45. The van der Waals surface area contributed by atoms with Gasteiger partial charge in [0.15, 0.2) is 12.4 Å². The quantitative estimate of drug-likeness (QED) is 0.438. The highest BCUT2D eigenvalue weighted by Crippen LogP contribution is 1.90. The van der Waals surface area contributed by atoms with Gasteiger partial charge in [0.05, 0.1) is 0 Å². The minimum atomic E-state index is 0.384. The highest BCUT2D eigenvalue weighted by atomic mass is 35.5. The van der Waals surface area contributed by atoms with E-state index >= 15 is 0 Å². The first-order chi connectivity index (χ1) is 4.86. The van der Waals surface area contributed by atoms with Crippen LogP contribution in [-0.4, -0.2) is 0 Å². The number of alkyl halides is 1. The largest absolute Gasteiger partial charge is 0.222 e. The molecule has 0 amide bonds. The van der Waals surface area contributed by atoms with Crippen molar-refractivity contribution in [2.24, 2.45) is 0 Å². The van der Waals surface area contributed by atoms with E-state index in [-0.39, 0.29) is 0 Å². The van der Waals surface area contributed by atoms with Gasteiger partial charge in [-0.15, -0.1) is 0 Å². The second-order valence-electron chi connectivity index (χ2n) is 1.84. The number of rotatable bonds is 1. The van der Waals surface area contributed by atoms with Crippen molar-refractivity contribution in [3.05, 3.63) is 30.1 Å². The topological polar surface area (TPSA) is 27.7 Å². The van der Waals surface area contributed by atoms with Crippen molar-refractivity contribution in [2.45, 2.75) is 6.00 Å². The summed E-state index contributed by atoms with van der Waals surface area (Å²) in [5.74, 6) is 0. The second kappa shape index (κ2) is 3.19. The molecule has 0 N–H and O–H groups in total. The zero-order chi connectivity index (χ0) is 7.40. The molecule has 1 aromatic rings. The van der Waals surface area contributed by atoms with Crippen molar-refractivity contribution in [2.75, 3.05) is 0 Å². The van der Waals surface area contributed by atoms with Gasteiger partial charge in [0.2, 0.25) is 6.00 Å². The van der Waals surface area contributed by atoms with Gasteiger partial charge in [0.1, 0.15) is 11.6 Å². The molecule has 0 aliphatic carbocycles. The van der Waals surface area contributed by atoms with Crippen LogP contribution in [0.25, 0.3) is 0 Å². The van der Waals surface area contributed by atoms with Crippen molar-refractivity contribution in [3.63, 3.8) is 0 Å². The van der Waals surface area contributed by atoms with Gasteiger partial charge in [-0.3, -0.25) is 0 Å². The molecule has 50 valence electrons. The first-order valence-corrected chi connectivity index (χ1v) is 3.35. The van der Waals surface area contributed by atoms with Crippen LogP contribution >= 0.6 is 11.6 Å². The Morgan fingerprint density at radius 1 is 1.70 bits per heavy atom. The minimum Gasteiger partial charge on any atom is -0.192 e. The van der Waals surface area contributed by atoms with Crippen LogP contribution in [0.5, 0.6) is 0 Å². The van der Waals surface area contributed by atoms with Crippen LogP contribution in [0.4, 0.5) is 0 Å². The molecule has 0 saturated heterocycles. The van der Waals surface area contributed by atoms with Crippen molar-refractivity contribution < 1.29 is 4.57 Å². The number of hydrogen-bond donors (Lipinski definition) is 0. The zero-order valence-electron chi connectivity index (χ0n) is 5.29. The predicted octanol–water partition coefficient (Wildman–Crippen LogP) is 1.04. The van der Waals surface area contributed by atoms with E-state index in [1.807, 2.05) is 12.3 Å². The Labute approximate surface area is 64.3 Å². The lowest BCUT2D eigenvalue weighted by Crippen LogP contribution is -2.29. The highest BCUT2D eigenvalue weighted by molar-refractivity contribution is 6.14. The number of hydrogen-bond acceptors (Lipinski definition) is 1. The van der Waals surface area contributed by atoms with Crippen LogP contribution in [-0.2, 0) is 6.00 Å². The number of nitrogens with zero attached hydrogens (tertiary/aromatic N) is 2. The fourth-order valence-electron chi connectivity index (χ4n) is 0.662. The van der Waals surface area contributed by atoms with E-state index in [9.17, 15) is 0 Å². The smallest absolute Gasteiger partial charge is 0.192 e. The normalized spacial score (nSPS) is 8.80. The van der Waals surface area contributed by atoms with Gasteiger partial charge in [0.25, 0.3) is 0 Å². The summed E-state index contributed by atoms with van der Waals surface area (Å²) in [6, 6.07) is 5.94. The average Bonchev–Trinajstić information content (AvgIpc) is 2.05. The monoisotopic (exact) mass is 153 g/mol. The van der Waals surface area contributed by atoms with Crippen molar-refractivity contribution in [1.82, 2.24) is 0 Å². The molecule has 0 aliphatic heterocycles. The summed E-state index contributed by atoms with van der Waals surface area (Å²) in [4.78, 5) is 0. The first-order valence-electron chi connectivity index (χ1n) is 2.82. The summed E-state index contributed by atoms with van der Waals surface area (Å²) in [5.41, 5.74) is 0.628. The molecule has 0 aliphatic rings. The summed E-state index contributed by atoms with van der Waals surface area (Å²) >= 11 is 5.51. The Morgan fingerprint density at radius 3 is 3.10 bits per heavy atom. The van der Waals surface area contributed by atoms with Gasteiger partial charge >= 0.3 is 0 Å². The minimum absolute atomic E-state index is 0.384. The summed E-state index contributed by atoms with van der Waals surface area (Å²) in [6.07, 6.45) is 3.51. The third kappa shape index (κ3) is 1.46. The molecule has 0 atom stereocenters. The summed E-state index contributed by atoms with van der Waals surface area (Å²) in [7, 11) is 0. The standard InChI is InChI=1S/C7H6ClN2/c8-6-10-3-1-2-7(4-9)5-10/h1-3,5H,6H2/q+1. The second-order valence-corrected chi connectivity index (χ2v) is 2.08. The van der Waals surface area contributed by atoms with E-state index in [4.69, 9.17) is 16.9 Å². The Hall–Kier alpha value is -1.07. The average molecular weight is 154 g/mol. The molecule has 0 saturated carbocycles. The SMILES string of the molecule is N#Cc1ccc[n+](CCl)c1. The van der Waals surface area contributed by atoms with Crippen molar-refractivity contribution in [3.8, 4) is 6.07 Å². The Kier molecular flexibility index (Phi) is 2.24. The predicted molar refractivity (Wildman–Crippen MR) is 37.2 cm³/mol. The third-order valence-corrected chi connectivity index (χ3v) is 1.40. The molecule has 0 aromatic carbocycles. The lowest BCUT2D eigenvalue weighted by Gasteiger charge is -1.87. The maximum Gasteiger partial charge on any atom is 0.222 e. The molecule has 2 nitrogen and oxygen atoms in total. The van der Waals surface area contributed by atoms with Gasteiger partial charge in [-0.05, 0) is 6.07 Å². The van der Waals surface area contributed by atoms with Gasteiger partial charge in [-0.1, -0.05) is 11.6 Å². The van der Waals surface area contributed by atoms with Crippen LogP contribution < -0.4 is 4.57 Å². The van der Waals surface area contributed by atoms with E-state index < -0.39 is 0 Å². The summed E-state index contributed by atoms with van der Waals surface area (Å²) in [6.45, 7) is 0. The highest BCUT2D eigenvalue weighted by Gasteiger charge is 1.97.